The van der Waals surface area contributed by atoms with E-state index in [0.717, 1.165) is 44.2 Å². The van der Waals surface area contributed by atoms with Crippen LogP contribution in [0.2, 0.25) is 0 Å². The van der Waals surface area contributed by atoms with Crippen molar-refractivity contribution in [1.82, 2.24) is 14.3 Å². The number of carbonyl (C=O) groups is 1. The van der Waals surface area contributed by atoms with Crippen LogP contribution in [0.4, 0.5) is 10.1 Å². The highest BCUT2D eigenvalue weighted by molar-refractivity contribution is 7.71. The first kappa shape index (κ1) is 19.5. The molecule has 7 nitrogen and oxygen atoms in total. The normalized spacial score (nSPS) is 15.3. The quantitative estimate of drug-likeness (QED) is 0.666. The van der Waals surface area contributed by atoms with Crippen LogP contribution in [-0.2, 0) is 24.4 Å². The minimum Gasteiger partial charge on any atom is -0.370 e. The zero-order chi connectivity index (χ0) is 19.4. The Morgan fingerprint density at radius 1 is 1.30 bits per heavy atom. The number of primary amides is 1. The number of anilines is 1. The second-order valence-corrected chi connectivity index (χ2v) is 7.15. The van der Waals surface area contributed by atoms with Crippen LogP contribution in [0.3, 0.4) is 0 Å². The number of aromatic nitrogens is 3. The standard InChI is InChI=1S/C18H25FN6OS/c1-2-24-17(8-7-16(20)26)21-25(18(24)27)13-22-9-11-23(12-10-22)15-5-3-14(19)4-6-15/h3-6H,2,7-13H2,1H3,(H2,20,26)/p+1. The van der Waals surface area contributed by atoms with E-state index in [2.05, 4.69) is 10.00 Å². The number of carbonyl (C=O) groups excluding carboxylic acids is 1. The van der Waals surface area contributed by atoms with Gasteiger partial charge in [0.05, 0.1) is 26.2 Å². The topological polar surface area (TPSA) is 73.5 Å². The van der Waals surface area contributed by atoms with E-state index in [1.165, 1.54) is 17.0 Å². The van der Waals surface area contributed by atoms with Crippen LogP contribution in [0, 0.1) is 10.6 Å². The lowest BCUT2D eigenvalue weighted by atomic mass is 10.2. The molecule has 0 atom stereocenters. The molecular formula is C18H26FN6OS+. The maximum atomic E-state index is 13.1. The van der Waals surface area contributed by atoms with Gasteiger partial charge in [-0.1, -0.05) is 0 Å². The Labute approximate surface area is 163 Å². The number of hydrogen-bond donors (Lipinski definition) is 2. The molecule has 9 heteroatoms. The molecule has 0 spiro atoms. The number of nitrogens with zero attached hydrogens (tertiary/aromatic N) is 4. The van der Waals surface area contributed by atoms with Crippen LogP contribution >= 0.6 is 12.2 Å². The van der Waals surface area contributed by atoms with Crippen LogP contribution in [0.1, 0.15) is 19.2 Å². The molecule has 3 N–H and O–H groups in total. The lowest BCUT2D eigenvalue weighted by Crippen LogP contribution is -3.14. The molecule has 27 heavy (non-hydrogen) atoms. The summed E-state index contributed by atoms with van der Waals surface area (Å²) in [5, 5.41) is 4.63. The highest BCUT2D eigenvalue weighted by Gasteiger charge is 2.22. The third-order valence-corrected chi connectivity index (χ3v) is 5.38. The van der Waals surface area contributed by atoms with Gasteiger partial charge in [-0.25, -0.2) is 4.39 Å². The molecule has 1 saturated heterocycles. The van der Waals surface area contributed by atoms with Crippen molar-refractivity contribution in [3.63, 3.8) is 0 Å². The van der Waals surface area contributed by atoms with E-state index >= 15 is 0 Å². The van der Waals surface area contributed by atoms with Gasteiger partial charge < -0.3 is 20.1 Å². The first-order chi connectivity index (χ1) is 13.0. The Bertz CT molecular complexity index is 839. The number of quaternary nitrogens is 1. The van der Waals surface area contributed by atoms with Crippen LogP contribution in [-0.4, -0.2) is 46.4 Å². The van der Waals surface area contributed by atoms with Gasteiger partial charge in [-0.15, -0.1) is 0 Å². The summed E-state index contributed by atoms with van der Waals surface area (Å²) in [6.07, 6.45) is 0.780. The second kappa shape index (κ2) is 8.62. The van der Waals surface area contributed by atoms with Crippen LogP contribution in [0.25, 0.3) is 0 Å². The summed E-state index contributed by atoms with van der Waals surface area (Å²) in [6.45, 7) is 7.15. The third-order valence-electron chi connectivity index (χ3n) is 4.95. The van der Waals surface area contributed by atoms with Gasteiger partial charge in [0.15, 0.2) is 6.67 Å². The summed E-state index contributed by atoms with van der Waals surface area (Å²) in [6, 6.07) is 6.65. The molecule has 1 aromatic carbocycles. The molecule has 3 rings (SSSR count). The van der Waals surface area contributed by atoms with Crippen molar-refractivity contribution in [1.29, 1.82) is 0 Å². The molecule has 1 aliphatic heterocycles. The van der Waals surface area contributed by atoms with Gasteiger partial charge in [0.2, 0.25) is 10.7 Å². The summed E-state index contributed by atoms with van der Waals surface area (Å²) in [4.78, 5) is 14.7. The first-order valence-electron chi connectivity index (χ1n) is 9.27. The van der Waals surface area contributed by atoms with Crippen molar-refractivity contribution in [3.8, 4) is 0 Å². The molecule has 1 fully saturated rings. The molecule has 1 aliphatic rings. The number of piperazine rings is 1. The molecule has 0 aliphatic carbocycles. The van der Waals surface area contributed by atoms with Gasteiger partial charge in [-0.3, -0.25) is 4.79 Å². The highest BCUT2D eigenvalue weighted by Crippen LogP contribution is 2.14. The van der Waals surface area contributed by atoms with E-state index in [1.807, 2.05) is 28.3 Å². The minimum atomic E-state index is -0.333. The molecule has 0 radical (unpaired) electrons. The summed E-state index contributed by atoms with van der Waals surface area (Å²) in [7, 11) is 0. The van der Waals surface area contributed by atoms with Crippen LogP contribution < -0.4 is 15.5 Å². The number of amides is 1. The molecule has 1 aromatic heterocycles. The molecule has 146 valence electrons. The maximum absolute atomic E-state index is 13.1. The fraction of sp³-hybridized carbons (Fsp3) is 0.500. The fourth-order valence-electron chi connectivity index (χ4n) is 3.43. The monoisotopic (exact) mass is 393 g/mol. The van der Waals surface area contributed by atoms with Gasteiger partial charge in [0.25, 0.3) is 0 Å². The van der Waals surface area contributed by atoms with Crippen molar-refractivity contribution in [2.45, 2.75) is 33.0 Å². The maximum Gasteiger partial charge on any atom is 0.217 e. The predicted molar refractivity (Wildman–Crippen MR) is 104 cm³/mol. The van der Waals surface area contributed by atoms with Gasteiger partial charge in [0, 0.05) is 25.1 Å². The average molecular weight is 394 g/mol. The Morgan fingerprint density at radius 2 is 1.96 bits per heavy atom. The minimum absolute atomic E-state index is 0.212. The number of nitrogens with two attached hydrogens (primary N) is 1. The predicted octanol–water partition coefficient (Wildman–Crippen LogP) is 0.354. The summed E-state index contributed by atoms with van der Waals surface area (Å²) >= 11 is 5.56. The van der Waals surface area contributed by atoms with Crippen molar-refractivity contribution in [2.75, 3.05) is 31.1 Å². The van der Waals surface area contributed by atoms with Gasteiger partial charge >= 0.3 is 0 Å². The van der Waals surface area contributed by atoms with E-state index in [4.69, 9.17) is 18.0 Å². The Morgan fingerprint density at radius 3 is 2.56 bits per heavy atom. The summed E-state index contributed by atoms with van der Waals surface area (Å²) in [5.74, 6) is 0.266. The molecule has 0 saturated carbocycles. The molecule has 0 bridgehead atoms. The van der Waals surface area contributed by atoms with Gasteiger partial charge in [-0.05, 0) is 43.4 Å². The van der Waals surface area contributed by atoms with Gasteiger partial charge in [0.1, 0.15) is 11.6 Å². The highest BCUT2D eigenvalue weighted by atomic mass is 32.1. The van der Waals surface area contributed by atoms with Crippen LogP contribution in [0.5, 0.6) is 0 Å². The van der Waals surface area contributed by atoms with Crippen molar-refractivity contribution in [3.05, 3.63) is 40.7 Å². The Balaban J connectivity index is 1.62. The number of hydrogen-bond acceptors (Lipinski definition) is 4. The largest absolute Gasteiger partial charge is 0.370 e. The Hall–Kier alpha value is -2.26. The third kappa shape index (κ3) is 4.72. The fourth-order valence-corrected chi connectivity index (χ4v) is 3.77. The number of benzene rings is 1. The van der Waals surface area contributed by atoms with Gasteiger partial charge in [-0.2, -0.15) is 9.78 Å². The van der Waals surface area contributed by atoms with E-state index < -0.39 is 0 Å². The molecule has 1 amide bonds. The number of nitrogens with one attached hydrogen (secondary N) is 1. The number of aryl methyl sites for hydroxylation is 1. The van der Waals surface area contributed by atoms with E-state index in [0.29, 0.717) is 17.9 Å². The van der Waals surface area contributed by atoms with E-state index in [-0.39, 0.29) is 18.1 Å². The van der Waals surface area contributed by atoms with E-state index in [1.54, 1.807) is 0 Å². The van der Waals surface area contributed by atoms with Crippen molar-refractivity contribution >= 4 is 23.8 Å². The SMILES string of the molecule is CCn1c(CCC(N)=O)nn(C[NH+]2CCN(c3ccc(F)cc3)CC2)c1=S. The number of halogens is 1. The smallest absolute Gasteiger partial charge is 0.217 e. The first-order valence-corrected chi connectivity index (χ1v) is 9.67. The van der Waals surface area contributed by atoms with E-state index in [9.17, 15) is 9.18 Å². The molecular weight excluding hydrogens is 367 g/mol. The zero-order valence-corrected chi connectivity index (χ0v) is 16.3. The molecule has 2 aromatic rings. The number of rotatable bonds is 7. The lowest BCUT2D eigenvalue weighted by molar-refractivity contribution is -0.924. The van der Waals surface area contributed by atoms with Crippen molar-refractivity contribution in [2.24, 2.45) is 5.73 Å². The lowest BCUT2D eigenvalue weighted by Gasteiger charge is -2.33. The van der Waals surface area contributed by atoms with Crippen molar-refractivity contribution < 1.29 is 14.1 Å². The average Bonchev–Trinajstić information content (AvgIpc) is 2.96. The molecule has 2 heterocycles. The Kier molecular flexibility index (Phi) is 6.22. The summed E-state index contributed by atoms with van der Waals surface area (Å²) < 4.78 is 17.6. The van der Waals surface area contributed by atoms with Crippen LogP contribution in [0.15, 0.2) is 24.3 Å². The second-order valence-electron chi connectivity index (χ2n) is 6.78. The molecule has 0 unspecified atom stereocenters. The summed E-state index contributed by atoms with van der Waals surface area (Å²) in [5.41, 5.74) is 6.31. The zero-order valence-electron chi connectivity index (χ0n) is 15.5.